The Kier molecular flexibility index (Phi) is 7.91. The highest BCUT2D eigenvalue weighted by Crippen LogP contribution is 2.31. The molecule has 0 saturated heterocycles. The van der Waals surface area contributed by atoms with Gasteiger partial charge in [0.2, 0.25) is 10.0 Å². The zero-order valence-electron chi connectivity index (χ0n) is 18.4. The van der Waals surface area contributed by atoms with Crippen LogP contribution in [0.4, 0.5) is 5.00 Å². The van der Waals surface area contributed by atoms with Crippen LogP contribution in [-0.4, -0.2) is 40.1 Å². The topological polar surface area (TPSA) is 111 Å². The third-order valence-electron chi connectivity index (χ3n) is 5.25. The van der Waals surface area contributed by atoms with Gasteiger partial charge >= 0.3 is 5.97 Å². The van der Waals surface area contributed by atoms with Crippen LogP contribution in [0.1, 0.15) is 65.1 Å². The fourth-order valence-corrected chi connectivity index (χ4v) is 6.08. The van der Waals surface area contributed by atoms with Gasteiger partial charge in [-0.1, -0.05) is 19.8 Å². The molecule has 0 spiro atoms. The standard InChI is InChI=1S/C22H28N2O6S2/c1-4-16-13-17(22(26)30-5-2)21(31-16)23-20(25)14-10-11-18(29-3)19(12-14)32(27,28)24-15-8-6-7-9-15/h10-13,15,24H,4-9H2,1-3H3,(H,23,25). The third-order valence-corrected chi connectivity index (χ3v) is 7.98. The molecule has 174 valence electrons. The Morgan fingerprint density at radius 1 is 1.16 bits per heavy atom. The van der Waals surface area contributed by atoms with Crippen LogP contribution in [0.5, 0.6) is 5.75 Å². The van der Waals surface area contributed by atoms with E-state index in [9.17, 15) is 18.0 Å². The van der Waals surface area contributed by atoms with Gasteiger partial charge in [0.05, 0.1) is 19.3 Å². The van der Waals surface area contributed by atoms with E-state index < -0.39 is 21.9 Å². The number of esters is 1. The van der Waals surface area contributed by atoms with E-state index in [1.807, 2.05) is 6.92 Å². The predicted octanol–water partition coefficient (Wildman–Crippen LogP) is 3.97. The molecular formula is C22H28N2O6S2. The van der Waals surface area contributed by atoms with Crippen molar-refractivity contribution in [3.8, 4) is 5.75 Å². The quantitative estimate of drug-likeness (QED) is 0.526. The van der Waals surface area contributed by atoms with Gasteiger partial charge in [-0.2, -0.15) is 0 Å². The minimum Gasteiger partial charge on any atom is -0.495 e. The number of carbonyl (C=O) groups excluding carboxylic acids is 2. The highest BCUT2D eigenvalue weighted by atomic mass is 32.2. The Morgan fingerprint density at radius 3 is 2.50 bits per heavy atom. The number of sulfonamides is 1. The van der Waals surface area contributed by atoms with Crippen LogP contribution in [0.15, 0.2) is 29.2 Å². The predicted molar refractivity (Wildman–Crippen MR) is 123 cm³/mol. The molecule has 0 bridgehead atoms. The van der Waals surface area contributed by atoms with E-state index >= 15 is 0 Å². The molecule has 0 unspecified atom stereocenters. The first kappa shape index (κ1) is 24.2. The van der Waals surface area contributed by atoms with Crippen LogP contribution in [0.2, 0.25) is 0 Å². The fraction of sp³-hybridized carbons (Fsp3) is 0.455. The van der Waals surface area contributed by atoms with E-state index in [1.54, 1.807) is 13.0 Å². The maximum absolute atomic E-state index is 13.0. The summed E-state index contributed by atoms with van der Waals surface area (Å²) in [4.78, 5) is 26.1. The lowest BCUT2D eigenvalue weighted by Crippen LogP contribution is -2.33. The minimum absolute atomic E-state index is 0.0920. The largest absolute Gasteiger partial charge is 0.495 e. The van der Waals surface area contributed by atoms with Crippen LogP contribution in [0.25, 0.3) is 0 Å². The number of thiophene rings is 1. The summed E-state index contributed by atoms with van der Waals surface area (Å²) in [5, 5.41) is 3.10. The summed E-state index contributed by atoms with van der Waals surface area (Å²) < 4.78 is 39.0. The molecule has 8 nitrogen and oxygen atoms in total. The maximum Gasteiger partial charge on any atom is 0.341 e. The van der Waals surface area contributed by atoms with Crippen LogP contribution in [0.3, 0.4) is 0 Å². The Balaban J connectivity index is 1.89. The fourth-order valence-electron chi connectivity index (χ4n) is 3.60. The van der Waals surface area contributed by atoms with E-state index in [1.165, 1.54) is 36.6 Å². The number of anilines is 1. The van der Waals surface area contributed by atoms with Gasteiger partial charge < -0.3 is 14.8 Å². The average Bonchev–Trinajstić information content (AvgIpc) is 3.42. The second-order valence-corrected chi connectivity index (χ2v) is 10.3. The summed E-state index contributed by atoms with van der Waals surface area (Å²) in [6, 6.07) is 5.82. The third kappa shape index (κ3) is 5.48. The monoisotopic (exact) mass is 480 g/mol. The van der Waals surface area contributed by atoms with Crippen molar-refractivity contribution in [2.75, 3.05) is 19.0 Å². The first-order chi connectivity index (χ1) is 15.3. The van der Waals surface area contributed by atoms with E-state index in [0.29, 0.717) is 11.4 Å². The first-order valence-electron chi connectivity index (χ1n) is 10.6. The molecule has 32 heavy (non-hydrogen) atoms. The van der Waals surface area contributed by atoms with Gasteiger partial charge in [0, 0.05) is 16.5 Å². The number of amides is 1. The molecular weight excluding hydrogens is 452 g/mol. The Labute approximate surface area is 192 Å². The number of nitrogens with one attached hydrogen (secondary N) is 2. The van der Waals surface area contributed by atoms with Gasteiger partial charge in [-0.15, -0.1) is 11.3 Å². The van der Waals surface area contributed by atoms with E-state index in [0.717, 1.165) is 30.6 Å². The number of rotatable bonds is 9. The minimum atomic E-state index is -3.87. The molecule has 1 saturated carbocycles. The van der Waals surface area contributed by atoms with Crippen molar-refractivity contribution >= 4 is 38.2 Å². The highest BCUT2D eigenvalue weighted by Gasteiger charge is 2.27. The summed E-state index contributed by atoms with van der Waals surface area (Å²) in [6.07, 6.45) is 4.24. The van der Waals surface area contributed by atoms with Crippen LogP contribution in [0, 0.1) is 0 Å². The molecule has 1 amide bonds. The van der Waals surface area contributed by atoms with Crippen LogP contribution < -0.4 is 14.8 Å². The van der Waals surface area contributed by atoms with Crippen LogP contribution in [-0.2, 0) is 21.2 Å². The zero-order chi connectivity index (χ0) is 23.3. The number of hydrogen-bond acceptors (Lipinski definition) is 7. The second-order valence-electron chi connectivity index (χ2n) is 7.45. The van der Waals surface area contributed by atoms with Crippen molar-refractivity contribution in [1.29, 1.82) is 0 Å². The summed E-state index contributed by atoms with van der Waals surface area (Å²) >= 11 is 1.29. The summed E-state index contributed by atoms with van der Waals surface area (Å²) in [7, 11) is -2.49. The lowest BCUT2D eigenvalue weighted by atomic mass is 10.2. The molecule has 1 aliphatic carbocycles. The summed E-state index contributed by atoms with van der Waals surface area (Å²) in [5.74, 6) is -0.888. The molecule has 0 radical (unpaired) electrons. The summed E-state index contributed by atoms with van der Waals surface area (Å²) in [6.45, 7) is 3.88. The summed E-state index contributed by atoms with van der Waals surface area (Å²) in [5.41, 5.74) is 0.421. The van der Waals surface area contributed by atoms with Gasteiger partial charge in [-0.25, -0.2) is 17.9 Å². The van der Waals surface area contributed by atoms with Gasteiger partial charge in [0.1, 0.15) is 15.6 Å². The lowest BCUT2D eigenvalue weighted by molar-refractivity contribution is 0.0528. The Hall–Kier alpha value is -2.43. The zero-order valence-corrected chi connectivity index (χ0v) is 20.0. The van der Waals surface area contributed by atoms with Crippen molar-refractivity contribution in [3.63, 3.8) is 0 Å². The van der Waals surface area contributed by atoms with Gasteiger partial charge in [0.25, 0.3) is 5.91 Å². The number of methoxy groups -OCH3 is 1. The van der Waals surface area contributed by atoms with E-state index in [-0.39, 0.29) is 34.4 Å². The van der Waals surface area contributed by atoms with Crippen molar-refractivity contribution in [2.24, 2.45) is 0 Å². The van der Waals surface area contributed by atoms with Crippen molar-refractivity contribution in [3.05, 3.63) is 40.3 Å². The van der Waals surface area contributed by atoms with E-state index in [2.05, 4.69) is 10.0 Å². The molecule has 1 aliphatic rings. The molecule has 0 aliphatic heterocycles. The van der Waals surface area contributed by atoms with Crippen molar-refractivity contribution in [1.82, 2.24) is 4.72 Å². The molecule has 3 rings (SSSR count). The normalized spacial score (nSPS) is 14.3. The number of carbonyl (C=O) groups is 2. The Bertz CT molecular complexity index is 1090. The molecule has 10 heteroatoms. The first-order valence-corrected chi connectivity index (χ1v) is 12.9. The van der Waals surface area contributed by atoms with Crippen molar-refractivity contribution in [2.45, 2.75) is 56.9 Å². The molecule has 0 atom stereocenters. The van der Waals surface area contributed by atoms with Gasteiger partial charge in [-0.05, 0) is 50.5 Å². The lowest BCUT2D eigenvalue weighted by Gasteiger charge is -2.15. The number of aryl methyl sites for hydroxylation is 1. The van der Waals surface area contributed by atoms with Crippen LogP contribution >= 0.6 is 11.3 Å². The number of hydrogen-bond donors (Lipinski definition) is 2. The maximum atomic E-state index is 13.0. The molecule has 1 fully saturated rings. The Morgan fingerprint density at radius 2 is 1.88 bits per heavy atom. The van der Waals surface area contributed by atoms with Crippen molar-refractivity contribution < 1.29 is 27.5 Å². The SMILES string of the molecule is CCOC(=O)c1cc(CC)sc1NC(=O)c1ccc(OC)c(S(=O)(=O)NC2CCCC2)c1. The highest BCUT2D eigenvalue weighted by molar-refractivity contribution is 7.89. The number of benzene rings is 1. The van der Waals surface area contributed by atoms with Gasteiger partial charge in [-0.3, -0.25) is 4.79 Å². The number of ether oxygens (including phenoxy) is 2. The van der Waals surface area contributed by atoms with Gasteiger partial charge in [0.15, 0.2) is 0 Å². The molecule has 1 aromatic carbocycles. The molecule has 2 aromatic rings. The average molecular weight is 481 g/mol. The smallest absolute Gasteiger partial charge is 0.341 e. The van der Waals surface area contributed by atoms with E-state index in [4.69, 9.17) is 9.47 Å². The molecule has 1 aromatic heterocycles. The molecule has 1 heterocycles. The second kappa shape index (κ2) is 10.5. The molecule has 2 N–H and O–H groups in total.